The van der Waals surface area contributed by atoms with Gasteiger partial charge in [0.15, 0.2) is 0 Å². The Bertz CT molecular complexity index is 464. The minimum Gasteiger partial charge on any atom is -0.393 e. The Morgan fingerprint density at radius 1 is 1.33 bits per heavy atom. The van der Waals surface area contributed by atoms with Gasteiger partial charge in [-0.05, 0) is 42.9 Å². The second-order valence-corrected chi connectivity index (χ2v) is 6.21. The number of anilines is 1. The molecule has 1 aliphatic rings. The highest BCUT2D eigenvalue weighted by Crippen LogP contribution is 2.31. The SMILES string of the molecule is CC[C@@H](NC(=O)Cc1ccc(N(C)C)cc1)C1CC(O)C1. The number of benzene rings is 1. The zero-order valence-corrected chi connectivity index (χ0v) is 13.2. The minimum absolute atomic E-state index is 0.0702. The standard InChI is InChI=1S/C17H26N2O2/c1-4-16(13-10-15(20)11-13)18-17(21)9-12-5-7-14(8-6-12)19(2)3/h5-8,13,15-16,20H,4,9-11H2,1-3H3,(H,18,21)/t13?,15?,16-/m1/s1. The first-order valence-corrected chi connectivity index (χ1v) is 7.73. The number of nitrogens with one attached hydrogen (secondary N) is 1. The van der Waals surface area contributed by atoms with Crippen molar-refractivity contribution in [2.75, 3.05) is 19.0 Å². The zero-order valence-electron chi connectivity index (χ0n) is 13.2. The van der Waals surface area contributed by atoms with Crippen LogP contribution in [0.25, 0.3) is 0 Å². The molecule has 0 heterocycles. The minimum atomic E-state index is -0.167. The fourth-order valence-corrected chi connectivity index (χ4v) is 2.87. The van der Waals surface area contributed by atoms with E-state index in [2.05, 4.69) is 12.2 Å². The molecule has 1 amide bonds. The second-order valence-electron chi connectivity index (χ2n) is 6.21. The lowest BCUT2D eigenvalue weighted by Crippen LogP contribution is -2.47. The molecular weight excluding hydrogens is 264 g/mol. The Hall–Kier alpha value is -1.55. The van der Waals surface area contributed by atoms with Crippen LogP contribution in [-0.4, -0.2) is 37.3 Å². The van der Waals surface area contributed by atoms with Crippen molar-refractivity contribution in [1.29, 1.82) is 0 Å². The van der Waals surface area contributed by atoms with Crippen molar-refractivity contribution in [1.82, 2.24) is 5.32 Å². The van der Waals surface area contributed by atoms with Gasteiger partial charge in [-0.1, -0.05) is 19.1 Å². The van der Waals surface area contributed by atoms with E-state index in [0.717, 1.165) is 30.5 Å². The van der Waals surface area contributed by atoms with E-state index in [-0.39, 0.29) is 18.1 Å². The maximum atomic E-state index is 12.1. The van der Waals surface area contributed by atoms with E-state index >= 15 is 0 Å². The van der Waals surface area contributed by atoms with E-state index in [0.29, 0.717) is 12.3 Å². The van der Waals surface area contributed by atoms with Crippen molar-refractivity contribution in [3.05, 3.63) is 29.8 Å². The van der Waals surface area contributed by atoms with Crippen LogP contribution in [0.1, 0.15) is 31.7 Å². The van der Waals surface area contributed by atoms with E-state index in [9.17, 15) is 9.90 Å². The summed E-state index contributed by atoms with van der Waals surface area (Å²) < 4.78 is 0. The van der Waals surface area contributed by atoms with Crippen molar-refractivity contribution >= 4 is 11.6 Å². The number of aliphatic hydroxyl groups is 1. The van der Waals surface area contributed by atoms with Crippen LogP contribution in [0.15, 0.2) is 24.3 Å². The van der Waals surface area contributed by atoms with Crippen molar-refractivity contribution in [3.8, 4) is 0 Å². The normalized spacial score (nSPS) is 22.3. The third-order valence-electron chi connectivity index (χ3n) is 4.32. The van der Waals surface area contributed by atoms with Gasteiger partial charge < -0.3 is 15.3 Å². The molecule has 1 aliphatic carbocycles. The predicted molar refractivity (Wildman–Crippen MR) is 85.4 cm³/mol. The molecule has 0 spiro atoms. The van der Waals surface area contributed by atoms with Crippen LogP contribution in [-0.2, 0) is 11.2 Å². The largest absolute Gasteiger partial charge is 0.393 e. The van der Waals surface area contributed by atoms with E-state index in [4.69, 9.17) is 0 Å². The van der Waals surface area contributed by atoms with Gasteiger partial charge >= 0.3 is 0 Å². The first kappa shape index (κ1) is 15.8. The summed E-state index contributed by atoms with van der Waals surface area (Å²) in [7, 11) is 4.00. The predicted octanol–water partition coefficient (Wildman–Crippen LogP) is 1.96. The first-order chi connectivity index (χ1) is 9.99. The monoisotopic (exact) mass is 290 g/mol. The molecule has 1 saturated carbocycles. The van der Waals surface area contributed by atoms with E-state index in [1.54, 1.807) is 0 Å². The summed E-state index contributed by atoms with van der Waals surface area (Å²) in [5.74, 6) is 0.505. The van der Waals surface area contributed by atoms with Crippen molar-refractivity contribution < 1.29 is 9.90 Å². The van der Waals surface area contributed by atoms with Crippen LogP contribution in [0.4, 0.5) is 5.69 Å². The van der Waals surface area contributed by atoms with Crippen molar-refractivity contribution in [2.45, 2.75) is 44.8 Å². The highest BCUT2D eigenvalue weighted by Gasteiger charge is 2.33. The third-order valence-corrected chi connectivity index (χ3v) is 4.32. The summed E-state index contributed by atoms with van der Waals surface area (Å²) in [4.78, 5) is 14.2. The maximum Gasteiger partial charge on any atom is 0.224 e. The Morgan fingerprint density at radius 2 is 1.95 bits per heavy atom. The van der Waals surface area contributed by atoms with Crippen molar-refractivity contribution in [3.63, 3.8) is 0 Å². The lowest BCUT2D eigenvalue weighted by molar-refractivity contribution is -0.122. The fraction of sp³-hybridized carbons (Fsp3) is 0.588. The summed E-state index contributed by atoms with van der Waals surface area (Å²) in [6, 6.07) is 8.26. The molecule has 21 heavy (non-hydrogen) atoms. The third kappa shape index (κ3) is 4.21. The summed E-state index contributed by atoms with van der Waals surface area (Å²) in [5.41, 5.74) is 2.16. The van der Waals surface area contributed by atoms with Crippen molar-refractivity contribution in [2.24, 2.45) is 5.92 Å². The topological polar surface area (TPSA) is 52.6 Å². The summed E-state index contributed by atoms with van der Waals surface area (Å²) >= 11 is 0. The molecule has 2 rings (SSSR count). The van der Waals surface area contributed by atoms with Crippen LogP contribution in [0.5, 0.6) is 0 Å². The Balaban J connectivity index is 1.85. The Kier molecular flexibility index (Phi) is 5.23. The van der Waals surface area contributed by atoms with Crippen LogP contribution in [0, 0.1) is 5.92 Å². The van der Waals surface area contributed by atoms with Gasteiger partial charge in [0.25, 0.3) is 0 Å². The number of hydrogen-bond donors (Lipinski definition) is 2. The highest BCUT2D eigenvalue weighted by molar-refractivity contribution is 5.79. The average Bonchev–Trinajstić information content (AvgIpc) is 2.42. The fourth-order valence-electron chi connectivity index (χ4n) is 2.87. The molecule has 0 saturated heterocycles. The number of amides is 1. The number of carbonyl (C=O) groups excluding carboxylic acids is 1. The second kappa shape index (κ2) is 6.94. The molecule has 1 aromatic carbocycles. The summed E-state index contributed by atoms with van der Waals surface area (Å²) in [6.45, 7) is 2.08. The lowest BCUT2D eigenvalue weighted by Gasteiger charge is -2.37. The zero-order chi connectivity index (χ0) is 15.4. The number of carbonyl (C=O) groups is 1. The molecule has 4 heteroatoms. The molecule has 1 atom stereocenters. The van der Waals surface area contributed by atoms with Gasteiger partial charge in [-0.2, -0.15) is 0 Å². The van der Waals surface area contributed by atoms with Gasteiger partial charge in [-0.15, -0.1) is 0 Å². The molecule has 4 nitrogen and oxygen atoms in total. The van der Waals surface area contributed by atoms with Gasteiger partial charge in [0, 0.05) is 25.8 Å². The molecule has 0 aromatic heterocycles. The molecule has 1 aromatic rings. The molecule has 0 radical (unpaired) electrons. The summed E-state index contributed by atoms with van der Waals surface area (Å²) in [6.07, 6.45) is 2.80. The molecule has 0 unspecified atom stereocenters. The van der Waals surface area contributed by atoms with E-state index in [1.165, 1.54) is 0 Å². The quantitative estimate of drug-likeness (QED) is 0.842. The van der Waals surface area contributed by atoms with Gasteiger partial charge in [0.05, 0.1) is 12.5 Å². The molecular formula is C17H26N2O2. The Labute approximate surface area is 127 Å². The van der Waals surface area contributed by atoms with Gasteiger partial charge in [0.2, 0.25) is 5.91 Å². The number of rotatable bonds is 6. The molecule has 1 fully saturated rings. The molecule has 116 valence electrons. The van der Waals surface area contributed by atoms with E-state index in [1.807, 2.05) is 43.3 Å². The van der Waals surface area contributed by atoms with Gasteiger partial charge in [-0.3, -0.25) is 4.79 Å². The number of nitrogens with zero attached hydrogens (tertiary/aromatic N) is 1. The first-order valence-electron chi connectivity index (χ1n) is 7.73. The van der Waals surface area contributed by atoms with Crippen LogP contribution in [0.3, 0.4) is 0 Å². The summed E-state index contributed by atoms with van der Waals surface area (Å²) in [5, 5.41) is 12.5. The Morgan fingerprint density at radius 3 is 2.43 bits per heavy atom. The van der Waals surface area contributed by atoms with Crippen LogP contribution in [0.2, 0.25) is 0 Å². The smallest absolute Gasteiger partial charge is 0.224 e. The highest BCUT2D eigenvalue weighted by atomic mass is 16.3. The average molecular weight is 290 g/mol. The van der Waals surface area contributed by atoms with Crippen LogP contribution >= 0.6 is 0 Å². The van der Waals surface area contributed by atoms with Gasteiger partial charge in [0.1, 0.15) is 0 Å². The van der Waals surface area contributed by atoms with Gasteiger partial charge in [-0.25, -0.2) is 0 Å². The lowest BCUT2D eigenvalue weighted by atomic mass is 9.76. The van der Waals surface area contributed by atoms with Crippen LogP contribution < -0.4 is 10.2 Å². The number of hydrogen-bond acceptors (Lipinski definition) is 3. The molecule has 2 N–H and O–H groups in total. The number of aliphatic hydroxyl groups excluding tert-OH is 1. The molecule has 0 aliphatic heterocycles. The van der Waals surface area contributed by atoms with E-state index < -0.39 is 0 Å². The molecule has 0 bridgehead atoms. The maximum absolute atomic E-state index is 12.1.